The van der Waals surface area contributed by atoms with Gasteiger partial charge in [-0.2, -0.15) is 0 Å². The molecule has 0 fully saturated rings. The van der Waals surface area contributed by atoms with E-state index in [0.717, 1.165) is 8.95 Å². The van der Waals surface area contributed by atoms with Gasteiger partial charge in [0.2, 0.25) is 0 Å². The van der Waals surface area contributed by atoms with Crippen LogP contribution in [0.15, 0.2) is 215 Å². The Morgan fingerprint density at radius 2 is 0.638 bits per heavy atom. The summed E-state index contributed by atoms with van der Waals surface area (Å²) in [6, 6.07) is 71.7. The van der Waals surface area contributed by atoms with Crippen molar-refractivity contribution in [2.24, 2.45) is 0 Å². The lowest BCUT2D eigenvalue weighted by Crippen LogP contribution is -2.29. The standard InChI is InChI=1S/C26H17Br.C20H13I.C6H6BBrO2/c27-20-12-8-11-19(17-20)26-23-15-6-4-13-21(23)25(18-9-2-1-3-10-18)22-14-5-7-16-24(22)26;21-20-17-12-6-4-10-15(17)19(14-8-2-1-3-9-14)16-11-5-7-13-18(16)20;8-6-3-1-2-5(4-6)7(9)10/h1-17H;1-13H;1-4,9-10H. The van der Waals surface area contributed by atoms with Crippen molar-refractivity contribution in [3.63, 3.8) is 0 Å². The van der Waals surface area contributed by atoms with Crippen molar-refractivity contribution in [3.8, 4) is 33.4 Å². The van der Waals surface area contributed by atoms with Gasteiger partial charge < -0.3 is 10.0 Å². The van der Waals surface area contributed by atoms with Crippen LogP contribution in [0.5, 0.6) is 0 Å². The average Bonchev–Trinajstić information content (AvgIpc) is 3.27. The highest BCUT2D eigenvalue weighted by atomic mass is 127. The normalized spacial score (nSPS) is 10.8. The summed E-state index contributed by atoms with van der Waals surface area (Å²) in [4.78, 5) is 0. The Hall–Kier alpha value is -5.09. The van der Waals surface area contributed by atoms with Crippen LogP contribution in [0.3, 0.4) is 0 Å². The molecule has 0 spiro atoms. The Morgan fingerprint density at radius 3 is 1.00 bits per heavy atom. The van der Waals surface area contributed by atoms with Crippen molar-refractivity contribution in [2.45, 2.75) is 0 Å². The number of rotatable bonds is 4. The topological polar surface area (TPSA) is 40.5 Å². The minimum Gasteiger partial charge on any atom is -0.423 e. The van der Waals surface area contributed by atoms with E-state index >= 15 is 0 Å². The second-order valence-corrected chi connectivity index (χ2v) is 16.7. The summed E-state index contributed by atoms with van der Waals surface area (Å²) in [5, 5.41) is 27.8. The molecule has 0 atom stereocenters. The zero-order valence-corrected chi connectivity index (χ0v) is 36.6. The first-order chi connectivity index (χ1) is 28.4. The number of benzene rings is 10. The minimum absolute atomic E-state index is 0.495. The third-order valence-corrected chi connectivity index (χ3v) is 12.3. The van der Waals surface area contributed by atoms with E-state index in [0.29, 0.717) is 5.46 Å². The Balaban J connectivity index is 0.000000134. The molecule has 0 aliphatic carbocycles. The Kier molecular flexibility index (Phi) is 12.5. The van der Waals surface area contributed by atoms with Gasteiger partial charge in [0.15, 0.2) is 0 Å². The molecule has 2 nitrogen and oxygen atoms in total. The molecule has 0 aromatic heterocycles. The maximum Gasteiger partial charge on any atom is 0.488 e. The summed E-state index contributed by atoms with van der Waals surface area (Å²) in [5.41, 5.74) is 8.20. The first-order valence-electron chi connectivity index (χ1n) is 18.9. The van der Waals surface area contributed by atoms with E-state index < -0.39 is 7.12 Å². The molecule has 10 aromatic carbocycles. The first kappa shape index (κ1) is 39.7. The van der Waals surface area contributed by atoms with Crippen molar-refractivity contribution >= 4 is 110 Å². The fourth-order valence-corrected chi connectivity index (χ4v) is 9.41. The summed E-state index contributed by atoms with van der Waals surface area (Å²) in [7, 11) is -1.38. The van der Waals surface area contributed by atoms with Crippen LogP contribution in [-0.4, -0.2) is 17.2 Å². The van der Waals surface area contributed by atoms with E-state index in [1.807, 2.05) is 6.07 Å². The van der Waals surface area contributed by atoms with E-state index in [9.17, 15) is 0 Å². The summed E-state index contributed by atoms with van der Waals surface area (Å²) >= 11 is 9.32. The lowest BCUT2D eigenvalue weighted by atomic mass is 9.81. The molecule has 58 heavy (non-hydrogen) atoms. The van der Waals surface area contributed by atoms with E-state index in [1.54, 1.807) is 18.2 Å². The number of fused-ring (bicyclic) bond motifs is 4. The number of halogens is 3. The molecule has 0 aliphatic rings. The maximum atomic E-state index is 8.68. The fraction of sp³-hybridized carbons (Fsp3) is 0. The zero-order chi connectivity index (χ0) is 40.0. The highest BCUT2D eigenvalue weighted by molar-refractivity contribution is 14.1. The van der Waals surface area contributed by atoms with E-state index in [2.05, 4.69) is 236 Å². The van der Waals surface area contributed by atoms with Crippen molar-refractivity contribution in [2.75, 3.05) is 0 Å². The van der Waals surface area contributed by atoms with Gasteiger partial charge in [-0.15, -0.1) is 0 Å². The maximum absolute atomic E-state index is 8.68. The van der Waals surface area contributed by atoms with Gasteiger partial charge in [-0.1, -0.05) is 214 Å². The summed E-state index contributed by atoms with van der Waals surface area (Å²) in [6.07, 6.45) is 0. The van der Waals surface area contributed by atoms with Crippen LogP contribution in [-0.2, 0) is 0 Å². The molecule has 0 amide bonds. The molecular formula is C52H36BBr2IO2. The van der Waals surface area contributed by atoms with Gasteiger partial charge in [-0.05, 0) is 129 Å². The lowest BCUT2D eigenvalue weighted by Gasteiger charge is -2.17. The van der Waals surface area contributed by atoms with Crippen LogP contribution in [0.1, 0.15) is 0 Å². The molecule has 0 saturated heterocycles. The van der Waals surface area contributed by atoms with Crippen LogP contribution >= 0.6 is 54.5 Å². The number of hydrogen-bond acceptors (Lipinski definition) is 2. The van der Waals surface area contributed by atoms with Crippen LogP contribution in [0.4, 0.5) is 0 Å². The fourth-order valence-electron chi connectivity index (χ4n) is 7.66. The molecule has 6 heteroatoms. The van der Waals surface area contributed by atoms with Crippen LogP contribution in [0, 0.1) is 3.57 Å². The molecule has 2 N–H and O–H groups in total. The molecule has 0 saturated carbocycles. The molecule has 0 heterocycles. The molecule has 0 aliphatic heterocycles. The van der Waals surface area contributed by atoms with Gasteiger partial charge in [0.25, 0.3) is 0 Å². The summed E-state index contributed by atoms with van der Waals surface area (Å²) < 4.78 is 3.27. The first-order valence-corrected chi connectivity index (χ1v) is 21.6. The van der Waals surface area contributed by atoms with E-state index in [-0.39, 0.29) is 0 Å². The highest BCUT2D eigenvalue weighted by Crippen LogP contribution is 2.44. The molecule has 280 valence electrons. The smallest absolute Gasteiger partial charge is 0.423 e. The van der Waals surface area contributed by atoms with Gasteiger partial charge in [-0.25, -0.2) is 0 Å². The van der Waals surface area contributed by atoms with Gasteiger partial charge in [0.1, 0.15) is 0 Å². The number of hydrogen-bond donors (Lipinski definition) is 2. The Labute approximate surface area is 369 Å². The Morgan fingerprint density at radius 1 is 0.328 bits per heavy atom. The Bertz CT molecular complexity index is 2910. The van der Waals surface area contributed by atoms with Gasteiger partial charge in [-0.3, -0.25) is 0 Å². The van der Waals surface area contributed by atoms with E-state index in [1.165, 1.54) is 80.0 Å². The SMILES string of the molecule is Brc1cccc(-c2c3ccccc3c(-c3ccccc3)c3ccccc23)c1.Ic1c2ccccc2c(-c2ccccc2)c2ccccc12.OB(O)c1cccc(Br)c1. The monoisotopic (exact) mass is 988 g/mol. The predicted molar refractivity (Wildman–Crippen MR) is 264 cm³/mol. The average molecular weight is 990 g/mol. The predicted octanol–water partition coefficient (Wildman–Crippen LogP) is 14.5. The second-order valence-electron chi connectivity index (χ2n) is 13.8. The van der Waals surface area contributed by atoms with Crippen molar-refractivity contribution in [3.05, 3.63) is 219 Å². The summed E-state index contributed by atoms with van der Waals surface area (Å²) in [5.74, 6) is 0. The lowest BCUT2D eigenvalue weighted by molar-refractivity contribution is 0.426. The summed E-state index contributed by atoms with van der Waals surface area (Å²) in [6.45, 7) is 0. The van der Waals surface area contributed by atoms with Gasteiger partial charge in [0.05, 0.1) is 0 Å². The second kappa shape index (κ2) is 18.2. The molecule has 0 bridgehead atoms. The van der Waals surface area contributed by atoms with Crippen molar-refractivity contribution < 1.29 is 10.0 Å². The molecule has 10 rings (SSSR count). The third-order valence-electron chi connectivity index (χ3n) is 10.2. The van der Waals surface area contributed by atoms with Crippen molar-refractivity contribution in [1.82, 2.24) is 0 Å². The van der Waals surface area contributed by atoms with Crippen molar-refractivity contribution in [1.29, 1.82) is 0 Å². The zero-order valence-electron chi connectivity index (χ0n) is 31.2. The molecular weight excluding hydrogens is 954 g/mol. The highest BCUT2D eigenvalue weighted by Gasteiger charge is 2.17. The minimum atomic E-state index is -1.38. The van der Waals surface area contributed by atoms with Gasteiger partial charge >= 0.3 is 7.12 Å². The molecule has 0 unspecified atom stereocenters. The van der Waals surface area contributed by atoms with Gasteiger partial charge in [0, 0.05) is 12.5 Å². The van der Waals surface area contributed by atoms with Crippen LogP contribution in [0.25, 0.3) is 76.5 Å². The third kappa shape index (κ3) is 8.40. The largest absolute Gasteiger partial charge is 0.488 e. The molecule has 0 radical (unpaired) electrons. The van der Waals surface area contributed by atoms with Crippen LogP contribution < -0.4 is 5.46 Å². The van der Waals surface area contributed by atoms with Crippen LogP contribution in [0.2, 0.25) is 0 Å². The van der Waals surface area contributed by atoms with E-state index in [4.69, 9.17) is 10.0 Å². The molecule has 10 aromatic rings. The quantitative estimate of drug-likeness (QED) is 0.105.